The molecule has 0 aliphatic heterocycles. The van der Waals surface area contributed by atoms with Gasteiger partial charge in [0.25, 0.3) is 5.91 Å². The Morgan fingerprint density at radius 3 is 2.05 bits per heavy atom. The Balaban J connectivity index is 1.56. The van der Waals surface area contributed by atoms with Crippen LogP contribution in [0.1, 0.15) is 33.5 Å². The Labute approximate surface area is 229 Å². The average molecular weight is 524 g/mol. The van der Waals surface area contributed by atoms with Crippen LogP contribution in [0, 0.1) is 0 Å². The molecule has 6 heteroatoms. The number of hydrogen-bond donors (Lipinski definition) is 1. The minimum atomic E-state index is -0.863. The molecule has 4 aromatic carbocycles. The molecule has 6 nitrogen and oxygen atoms in total. The third kappa shape index (κ3) is 7.48. The number of amides is 1. The van der Waals surface area contributed by atoms with Crippen LogP contribution in [0.15, 0.2) is 97.1 Å². The monoisotopic (exact) mass is 523 g/mol. The molecule has 0 radical (unpaired) electrons. The maximum atomic E-state index is 13.7. The van der Waals surface area contributed by atoms with Crippen molar-refractivity contribution < 1.29 is 24.2 Å². The number of benzene rings is 4. The van der Waals surface area contributed by atoms with E-state index < -0.39 is 5.97 Å². The number of rotatable bonds is 12. The standard InChI is InChI=1S/C33H33NO5/c1-38-29-19-28(20-30(22-29)39-2)33(37)34(18-8-11-24-9-4-3-5-10-24)23-25-14-16-26(17-15-25)31-13-7-6-12-27(31)21-32(35)36/h3-7,9-10,12-17,19-20,22H,8,11,18,21,23H2,1-2H3,(H,35,36). The Morgan fingerprint density at radius 2 is 1.41 bits per heavy atom. The lowest BCUT2D eigenvalue weighted by Crippen LogP contribution is -2.32. The molecule has 1 amide bonds. The van der Waals surface area contributed by atoms with Crippen molar-refractivity contribution in [2.45, 2.75) is 25.8 Å². The van der Waals surface area contributed by atoms with Gasteiger partial charge in [0.05, 0.1) is 20.6 Å². The zero-order valence-corrected chi connectivity index (χ0v) is 22.3. The van der Waals surface area contributed by atoms with Gasteiger partial charge in [0, 0.05) is 24.7 Å². The van der Waals surface area contributed by atoms with Gasteiger partial charge in [-0.05, 0) is 52.8 Å². The summed E-state index contributed by atoms with van der Waals surface area (Å²) < 4.78 is 10.8. The number of carboxylic acid groups (broad SMARTS) is 1. The van der Waals surface area contributed by atoms with E-state index in [1.54, 1.807) is 32.4 Å². The van der Waals surface area contributed by atoms with Gasteiger partial charge in [0.15, 0.2) is 0 Å². The van der Waals surface area contributed by atoms with E-state index in [0.717, 1.165) is 35.1 Å². The van der Waals surface area contributed by atoms with Crippen LogP contribution in [0.5, 0.6) is 11.5 Å². The molecule has 0 bridgehead atoms. The van der Waals surface area contributed by atoms with Crippen molar-refractivity contribution in [3.8, 4) is 22.6 Å². The molecule has 0 spiro atoms. The Hall–Kier alpha value is -4.58. The van der Waals surface area contributed by atoms with Crippen LogP contribution in [0.2, 0.25) is 0 Å². The molecule has 0 aromatic heterocycles. The number of hydrogen-bond acceptors (Lipinski definition) is 4. The normalized spacial score (nSPS) is 10.6. The van der Waals surface area contributed by atoms with E-state index in [-0.39, 0.29) is 12.3 Å². The minimum Gasteiger partial charge on any atom is -0.497 e. The highest BCUT2D eigenvalue weighted by Gasteiger charge is 2.19. The lowest BCUT2D eigenvalue weighted by molar-refractivity contribution is -0.136. The van der Waals surface area contributed by atoms with Crippen LogP contribution in [0.25, 0.3) is 11.1 Å². The average Bonchev–Trinajstić information content (AvgIpc) is 2.97. The van der Waals surface area contributed by atoms with Crippen LogP contribution in [0.4, 0.5) is 0 Å². The van der Waals surface area contributed by atoms with Gasteiger partial charge in [-0.1, -0.05) is 78.9 Å². The second kappa shape index (κ2) is 13.3. The van der Waals surface area contributed by atoms with Gasteiger partial charge in [-0.3, -0.25) is 9.59 Å². The highest BCUT2D eigenvalue weighted by atomic mass is 16.5. The Kier molecular flexibility index (Phi) is 9.35. The summed E-state index contributed by atoms with van der Waals surface area (Å²) in [6.07, 6.45) is 1.65. The molecule has 0 atom stereocenters. The van der Waals surface area contributed by atoms with Crippen molar-refractivity contribution in [2.75, 3.05) is 20.8 Å². The number of aliphatic carboxylic acids is 1. The van der Waals surface area contributed by atoms with Crippen molar-refractivity contribution in [3.63, 3.8) is 0 Å². The number of methoxy groups -OCH3 is 2. The SMILES string of the molecule is COc1cc(OC)cc(C(=O)N(CCCc2ccccc2)Cc2ccc(-c3ccccc3CC(=O)O)cc2)c1. The smallest absolute Gasteiger partial charge is 0.307 e. The summed E-state index contributed by atoms with van der Waals surface area (Å²) in [6, 6.07) is 30.9. The summed E-state index contributed by atoms with van der Waals surface area (Å²) in [4.78, 5) is 26.9. The summed E-state index contributed by atoms with van der Waals surface area (Å²) in [7, 11) is 3.13. The maximum Gasteiger partial charge on any atom is 0.307 e. The molecule has 4 aromatic rings. The molecule has 0 aliphatic rings. The van der Waals surface area contributed by atoms with Gasteiger partial charge < -0.3 is 19.5 Å². The number of carboxylic acids is 1. The zero-order valence-electron chi connectivity index (χ0n) is 22.3. The summed E-state index contributed by atoms with van der Waals surface area (Å²) >= 11 is 0. The molecule has 0 unspecified atom stereocenters. The lowest BCUT2D eigenvalue weighted by atomic mass is 9.97. The van der Waals surface area contributed by atoms with E-state index in [9.17, 15) is 14.7 Å². The molecule has 1 N–H and O–H groups in total. The molecule has 200 valence electrons. The van der Waals surface area contributed by atoms with Gasteiger partial charge >= 0.3 is 5.97 Å². The number of aryl methyl sites for hydroxylation is 1. The first-order chi connectivity index (χ1) is 19.0. The summed E-state index contributed by atoms with van der Waals surface area (Å²) in [6.45, 7) is 1.01. The number of carbonyl (C=O) groups excluding carboxylic acids is 1. The molecule has 0 aliphatic carbocycles. The van der Waals surface area contributed by atoms with E-state index in [2.05, 4.69) is 12.1 Å². The third-order valence-electron chi connectivity index (χ3n) is 6.62. The van der Waals surface area contributed by atoms with Crippen molar-refractivity contribution in [1.29, 1.82) is 0 Å². The van der Waals surface area contributed by atoms with Crippen LogP contribution >= 0.6 is 0 Å². The second-order valence-electron chi connectivity index (χ2n) is 9.34. The first-order valence-corrected chi connectivity index (χ1v) is 12.9. The Bertz CT molecular complexity index is 1380. The molecule has 0 saturated carbocycles. The molecule has 39 heavy (non-hydrogen) atoms. The van der Waals surface area contributed by atoms with Gasteiger partial charge in [-0.25, -0.2) is 0 Å². The highest BCUT2D eigenvalue weighted by Crippen LogP contribution is 2.27. The summed E-state index contributed by atoms with van der Waals surface area (Å²) in [5.41, 5.74) is 5.32. The van der Waals surface area contributed by atoms with Gasteiger partial charge in [-0.2, -0.15) is 0 Å². The first-order valence-electron chi connectivity index (χ1n) is 12.9. The van der Waals surface area contributed by atoms with Gasteiger partial charge in [-0.15, -0.1) is 0 Å². The van der Waals surface area contributed by atoms with Crippen LogP contribution in [0.3, 0.4) is 0 Å². The van der Waals surface area contributed by atoms with E-state index in [4.69, 9.17) is 9.47 Å². The Morgan fingerprint density at radius 1 is 0.769 bits per heavy atom. The number of nitrogens with zero attached hydrogens (tertiary/aromatic N) is 1. The lowest BCUT2D eigenvalue weighted by Gasteiger charge is -2.24. The molecule has 4 rings (SSSR count). The molecule has 0 heterocycles. The van der Waals surface area contributed by atoms with E-state index in [1.165, 1.54) is 5.56 Å². The van der Waals surface area contributed by atoms with Gasteiger partial charge in [0.2, 0.25) is 0 Å². The maximum absolute atomic E-state index is 13.7. The predicted molar refractivity (Wildman–Crippen MR) is 152 cm³/mol. The fourth-order valence-electron chi connectivity index (χ4n) is 4.61. The van der Waals surface area contributed by atoms with E-state index in [1.807, 2.05) is 71.6 Å². The van der Waals surface area contributed by atoms with Crippen molar-refractivity contribution in [1.82, 2.24) is 4.90 Å². The van der Waals surface area contributed by atoms with Crippen molar-refractivity contribution in [3.05, 3.63) is 119 Å². The summed E-state index contributed by atoms with van der Waals surface area (Å²) in [5, 5.41) is 9.28. The third-order valence-corrected chi connectivity index (χ3v) is 6.62. The second-order valence-corrected chi connectivity index (χ2v) is 9.34. The fourth-order valence-corrected chi connectivity index (χ4v) is 4.61. The van der Waals surface area contributed by atoms with Crippen LogP contribution in [-0.2, 0) is 24.2 Å². The van der Waals surface area contributed by atoms with E-state index >= 15 is 0 Å². The summed E-state index contributed by atoms with van der Waals surface area (Å²) in [5.74, 6) is 0.159. The number of carbonyl (C=O) groups is 2. The molecular weight excluding hydrogens is 490 g/mol. The largest absolute Gasteiger partial charge is 0.497 e. The molecule has 0 fully saturated rings. The molecule has 0 saturated heterocycles. The van der Waals surface area contributed by atoms with Crippen LogP contribution in [-0.4, -0.2) is 42.6 Å². The highest BCUT2D eigenvalue weighted by molar-refractivity contribution is 5.95. The topological polar surface area (TPSA) is 76.1 Å². The van der Waals surface area contributed by atoms with Crippen LogP contribution < -0.4 is 9.47 Å². The molecular formula is C33H33NO5. The van der Waals surface area contributed by atoms with E-state index in [0.29, 0.717) is 30.2 Å². The quantitative estimate of drug-likeness (QED) is 0.237. The predicted octanol–water partition coefficient (Wildman–Crippen LogP) is 6.27. The number of ether oxygens (including phenoxy) is 2. The van der Waals surface area contributed by atoms with Crippen molar-refractivity contribution >= 4 is 11.9 Å². The van der Waals surface area contributed by atoms with Crippen molar-refractivity contribution in [2.24, 2.45) is 0 Å². The zero-order chi connectivity index (χ0) is 27.6. The fraction of sp³-hybridized carbons (Fsp3) is 0.212. The minimum absolute atomic E-state index is 0.0361. The van der Waals surface area contributed by atoms with Gasteiger partial charge in [0.1, 0.15) is 11.5 Å². The first kappa shape index (κ1) is 27.5.